The van der Waals surface area contributed by atoms with Crippen molar-refractivity contribution >= 4 is 35.0 Å². The van der Waals surface area contributed by atoms with E-state index in [2.05, 4.69) is 11.4 Å². The van der Waals surface area contributed by atoms with Crippen molar-refractivity contribution in [1.82, 2.24) is 0 Å². The minimum absolute atomic E-state index is 0.460. The Morgan fingerprint density at radius 2 is 1.84 bits per heavy atom. The number of methoxy groups -OCH3 is 1. The molecule has 0 aromatic heterocycles. The molecule has 1 aliphatic carbocycles. The molecule has 0 radical (unpaired) electrons. The first-order valence-corrected chi connectivity index (χ1v) is 11.5. The molecule has 4 nitrogen and oxygen atoms in total. The highest BCUT2D eigenvalue weighted by molar-refractivity contribution is 7.99. The lowest BCUT2D eigenvalue weighted by atomic mass is 9.95. The minimum atomic E-state index is -1.04. The SMILES string of the molecule is COc1ccc(NC2(C(=O)O)Cc3ccccc3C2)cc1SCCc1cccc(Cl)c1. The van der Waals surface area contributed by atoms with Gasteiger partial charge in [0.15, 0.2) is 0 Å². The standard InChI is InChI=1S/C25H24ClNO3S/c1-30-22-10-9-21(14-23(22)31-12-11-17-5-4-8-20(26)13-17)27-25(24(28)29)15-18-6-2-3-7-19(18)16-25/h2-10,13-14,27H,11-12,15-16H2,1H3,(H,28,29). The maximum absolute atomic E-state index is 12.3. The van der Waals surface area contributed by atoms with Gasteiger partial charge < -0.3 is 15.2 Å². The molecule has 6 heteroatoms. The lowest BCUT2D eigenvalue weighted by Crippen LogP contribution is -2.47. The second kappa shape index (κ2) is 9.25. The van der Waals surface area contributed by atoms with E-state index in [0.717, 1.165) is 44.7 Å². The number of anilines is 1. The van der Waals surface area contributed by atoms with Gasteiger partial charge in [0, 0.05) is 29.3 Å². The van der Waals surface area contributed by atoms with Gasteiger partial charge in [0.25, 0.3) is 0 Å². The monoisotopic (exact) mass is 453 g/mol. The zero-order valence-electron chi connectivity index (χ0n) is 17.2. The van der Waals surface area contributed by atoms with E-state index in [1.54, 1.807) is 18.9 Å². The Bertz CT molecular complexity index is 1080. The molecule has 3 aromatic carbocycles. The van der Waals surface area contributed by atoms with Crippen LogP contribution in [0.5, 0.6) is 5.75 Å². The quantitative estimate of drug-likeness (QED) is 0.427. The van der Waals surface area contributed by atoms with Gasteiger partial charge in [-0.2, -0.15) is 0 Å². The van der Waals surface area contributed by atoms with Gasteiger partial charge in [0.2, 0.25) is 0 Å². The van der Waals surface area contributed by atoms with Crippen molar-refractivity contribution < 1.29 is 14.6 Å². The summed E-state index contributed by atoms with van der Waals surface area (Å²) >= 11 is 7.76. The van der Waals surface area contributed by atoms with Gasteiger partial charge in [-0.15, -0.1) is 11.8 Å². The number of aliphatic carboxylic acids is 1. The molecular formula is C25H24ClNO3S. The van der Waals surface area contributed by atoms with Crippen molar-refractivity contribution in [2.75, 3.05) is 18.2 Å². The van der Waals surface area contributed by atoms with Gasteiger partial charge in [-0.3, -0.25) is 0 Å². The summed E-state index contributed by atoms with van der Waals surface area (Å²) in [4.78, 5) is 13.2. The third-order valence-electron chi connectivity index (χ3n) is 5.60. The van der Waals surface area contributed by atoms with Crippen molar-refractivity contribution in [3.05, 3.63) is 88.4 Å². The number of carboxylic acids is 1. The smallest absolute Gasteiger partial charge is 0.330 e. The fourth-order valence-corrected chi connectivity index (χ4v) is 5.30. The summed E-state index contributed by atoms with van der Waals surface area (Å²) in [5, 5.41) is 14.1. The first-order chi connectivity index (χ1) is 15.0. The summed E-state index contributed by atoms with van der Waals surface area (Å²) in [5.74, 6) is 0.797. The number of aryl methyl sites for hydroxylation is 1. The minimum Gasteiger partial charge on any atom is -0.496 e. The number of ether oxygens (including phenoxy) is 1. The number of halogens is 1. The molecule has 0 bridgehead atoms. The summed E-state index contributed by atoms with van der Waals surface area (Å²) < 4.78 is 5.53. The van der Waals surface area contributed by atoms with Gasteiger partial charge >= 0.3 is 5.97 Å². The maximum Gasteiger partial charge on any atom is 0.330 e. The van der Waals surface area contributed by atoms with Gasteiger partial charge in [-0.25, -0.2) is 4.79 Å². The third kappa shape index (κ3) is 4.83. The van der Waals surface area contributed by atoms with Crippen molar-refractivity contribution in [2.24, 2.45) is 0 Å². The van der Waals surface area contributed by atoms with Crippen LogP contribution in [0.4, 0.5) is 5.69 Å². The first kappa shape index (κ1) is 21.6. The Balaban J connectivity index is 1.50. The molecule has 0 spiro atoms. The molecule has 0 aliphatic heterocycles. The van der Waals surface area contributed by atoms with Crippen LogP contribution in [0.15, 0.2) is 71.6 Å². The average Bonchev–Trinajstić information content (AvgIpc) is 3.13. The normalized spacial score (nSPS) is 14.1. The van der Waals surface area contributed by atoms with E-state index in [0.29, 0.717) is 12.8 Å². The number of fused-ring (bicyclic) bond motifs is 1. The molecule has 2 N–H and O–H groups in total. The van der Waals surface area contributed by atoms with E-state index in [1.807, 2.05) is 60.7 Å². The van der Waals surface area contributed by atoms with Crippen LogP contribution >= 0.6 is 23.4 Å². The molecule has 31 heavy (non-hydrogen) atoms. The fraction of sp³-hybridized carbons (Fsp3) is 0.240. The van der Waals surface area contributed by atoms with Crippen LogP contribution < -0.4 is 10.1 Å². The summed E-state index contributed by atoms with van der Waals surface area (Å²) in [5.41, 5.74) is 3.09. The maximum atomic E-state index is 12.3. The lowest BCUT2D eigenvalue weighted by Gasteiger charge is -2.27. The van der Waals surface area contributed by atoms with Crippen LogP contribution in [0.3, 0.4) is 0 Å². The van der Waals surface area contributed by atoms with E-state index in [-0.39, 0.29) is 0 Å². The number of hydrogen-bond donors (Lipinski definition) is 2. The van der Waals surface area contributed by atoms with Crippen molar-refractivity contribution in [3.63, 3.8) is 0 Å². The van der Waals surface area contributed by atoms with E-state index < -0.39 is 11.5 Å². The summed E-state index contributed by atoms with van der Waals surface area (Å²) in [6.45, 7) is 0. The molecule has 3 aromatic rings. The molecule has 0 heterocycles. The van der Waals surface area contributed by atoms with Crippen molar-refractivity contribution in [3.8, 4) is 5.75 Å². The highest BCUT2D eigenvalue weighted by Crippen LogP contribution is 2.37. The van der Waals surface area contributed by atoms with Crippen LogP contribution in [0.25, 0.3) is 0 Å². The Kier molecular flexibility index (Phi) is 6.44. The molecule has 0 amide bonds. The molecule has 160 valence electrons. The second-order valence-electron chi connectivity index (χ2n) is 7.73. The highest BCUT2D eigenvalue weighted by atomic mass is 35.5. The van der Waals surface area contributed by atoms with E-state index in [1.165, 1.54) is 5.56 Å². The zero-order valence-corrected chi connectivity index (χ0v) is 18.8. The average molecular weight is 454 g/mol. The summed E-state index contributed by atoms with van der Waals surface area (Å²) in [7, 11) is 1.65. The largest absolute Gasteiger partial charge is 0.496 e. The summed E-state index contributed by atoms with van der Waals surface area (Å²) in [6, 6.07) is 21.6. The third-order valence-corrected chi connectivity index (χ3v) is 6.87. The molecule has 0 fully saturated rings. The van der Waals surface area contributed by atoms with Gasteiger partial charge in [0.05, 0.1) is 12.0 Å². The lowest BCUT2D eigenvalue weighted by molar-refractivity contribution is -0.142. The van der Waals surface area contributed by atoms with Crippen LogP contribution in [0, 0.1) is 0 Å². The molecule has 4 rings (SSSR count). The number of benzene rings is 3. The molecule has 1 aliphatic rings. The Morgan fingerprint density at radius 3 is 2.48 bits per heavy atom. The van der Waals surface area contributed by atoms with Crippen LogP contribution in [0.2, 0.25) is 5.02 Å². The molecule has 0 atom stereocenters. The van der Waals surface area contributed by atoms with Gasteiger partial charge in [0.1, 0.15) is 11.3 Å². The van der Waals surface area contributed by atoms with Gasteiger partial charge in [-0.05, 0) is 53.4 Å². The molecule has 0 saturated carbocycles. The second-order valence-corrected chi connectivity index (χ2v) is 9.30. The van der Waals surface area contributed by atoms with Crippen LogP contribution in [-0.4, -0.2) is 29.5 Å². The molecular weight excluding hydrogens is 430 g/mol. The number of nitrogens with one attached hydrogen (secondary N) is 1. The van der Waals surface area contributed by atoms with E-state index in [9.17, 15) is 9.90 Å². The first-order valence-electron chi connectivity index (χ1n) is 10.1. The highest BCUT2D eigenvalue weighted by Gasteiger charge is 2.44. The molecule has 0 saturated heterocycles. The number of carboxylic acid groups (broad SMARTS) is 1. The van der Waals surface area contributed by atoms with Crippen molar-refractivity contribution in [1.29, 1.82) is 0 Å². The Labute approximate surface area is 191 Å². The zero-order chi connectivity index (χ0) is 21.8. The summed E-state index contributed by atoms with van der Waals surface area (Å²) in [6.07, 6.45) is 1.80. The molecule has 0 unspecified atom stereocenters. The Hall–Kier alpha value is -2.63. The van der Waals surface area contributed by atoms with Crippen LogP contribution in [0.1, 0.15) is 16.7 Å². The van der Waals surface area contributed by atoms with E-state index in [4.69, 9.17) is 16.3 Å². The van der Waals surface area contributed by atoms with Crippen molar-refractivity contribution in [2.45, 2.75) is 29.7 Å². The number of carbonyl (C=O) groups is 1. The number of rotatable bonds is 8. The topological polar surface area (TPSA) is 58.6 Å². The Morgan fingerprint density at radius 1 is 1.10 bits per heavy atom. The predicted molar refractivity (Wildman–Crippen MR) is 127 cm³/mol. The number of hydrogen-bond acceptors (Lipinski definition) is 4. The number of thioether (sulfide) groups is 1. The fourth-order valence-electron chi connectivity index (χ4n) is 4.02. The van der Waals surface area contributed by atoms with Gasteiger partial charge in [-0.1, -0.05) is 48.0 Å². The van der Waals surface area contributed by atoms with E-state index >= 15 is 0 Å². The predicted octanol–water partition coefficient (Wildman–Crippen LogP) is 5.72. The van der Waals surface area contributed by atoms with Crippen LogP contribution in [-0.2, 0) is 24.1 Å².